The second kappa shape index (κ2) is 5.27. The molecule has 0 saturated carbocycles. The van der Waals surface area contributed by atoms with Gasteiger partial charge in [0.05, 0.1) is 12.5 Å². The number of benzene rings is 1. The number of hydrogen-bond acceptors (Lipinski definition) is 2. The van der Waals surface area contributed by atoms with Crippen molar-refractivity contribution in [1.82, 2.24) is 0 Å². The van der Waals surface area contributed by atoms with Gasteiger partial charge in [-0.05, 0) is 25.0 Å². The van der Waals surface area contributed by atoms with Gasteiger partial charge in [-0.3, -0.25) is 0 Å². The van der Waals surface area contributed by atoms with E-state index in [1.165, 1.54) is 12.1 Å². The van der Waals surface area contributed by atoms with Crippen LogP contribution in [-0.2, 0) is 11.3 Å². The zero-order valence-electron chi connectivity index (χ0n) is 9.62. The molecule has 92 valence electrons. The molecule has 0 aromatic heterocycles. The molecular weight excluding hydrogens is 221 g/mol. The SMILES string of the molecule is O=C([O-])[C@@H]1CCCC[NH+]1Cc1cccc(F)c1. The third-order valence-corrected chi connectivity index (χ3v) is 3.34. The van der Waals surface area contributed by atoms with Gasteiger partial charge in [-0.2, -0.15) is 0 Å². The van der Waals surface area contributed by atoms with Gasteiger partial charge < -0.3 is 14.8 Å². The molecule has 1 aliphatic rings. The minimum absolute atomic E-state index is 0.274. The molecule has 1 aromatic carbocycles. The van der Waals surface area contributed by atoms with Crippen molar-refractivity contribution in [3.05, 3.63) is 35.6 Å². The zero-order chi connectivity index (χ0) is 12.3. The molecule has 2 atom stereocenters. The van der Waals surface area contributed by atoms with Crippen LogP contribution in [-0.4, -0.2) is 18.6 Å². The van der Waals surface area contributed by atoms with Crippen LogP contribution in [0.15, 0.2) is 24.3 Å². The molecule has 1 aromatic rings. The summed E-state index contributed by atoms with van der Waals surface area (Å²) in [5.41, 5.74) is 0.841. The highest BCUT2D eigenvalue weighted by atomic mass is 19.1. The third kappa shape index (κ3) is 3.03. The molecule has 0 radical (unpaired) electrons. The molecule has 0 bridgehead atoms. The number of carbonyl (C=O) groups excluding carboxylic acids is 1. The van der Waals surface area contributed by atoms with Crippen molar-refractivity contribution in [3.8, 4) is 0 Å². The average molecular weight is 237 g/mol. The molecule has 3 nitrogen and oxygen atoms in total. The molecule has 1 heterocycles. The van der Waals surface area contributed by atoms with E-state index in [-0.39, 0.29) is 5.82 Å². The van der Waals surface area contributed by atoms with Crippen molar-refractivity contribution < 1.29 is 19.2 Å². The van der Waals surface area contributed by atoms with Gasteiger partial charge in [0.1, 0.15) is 18.4 Å². The van der Waals surface area contributed by atoms with Crippen LogP contribution in [0.5, 0.6) is 0 Å². The van der Waals surface area contributed by atoms with E-state index in [1.807, 2.05) is 6.07 Å². The van der Waals surface area contributed by atoms with Gasteiger partial charge in [-0.1, -0.05) is 12.1 Å². The average Bonchev–Trinajstić information content (AvgIpc) is 2.29. The van der Waals surface area contributed by atoms with E-state index in [9.17, 15) is 14.3 Å². The molecule has 2 rings (SSSR count). The Kier molecular flexibility index (Phi) is 3.74. The minimum Gasteiger partial charge on any atom is -0.544 e. The number of hydrogen-bond donors (Lipinski definition) is 1. The Morgan fingerprint density at radius 3 is 3.00 bits per heavy atom. The van der Waals surface area contributed by atoms with E-state index in [0.717, 1.165) is 29.8 Å². The van der Waals surface area contributed by atoms with Gasteiger partial charge in [0.25, 0.3) is 0 Å². The Balaban J connectivity index is 2.08. The second-order valence-corrected chi connectivity index (χ2v) is 4.58. The van der Waals surface area contributed by atoms with Crippen LogP contribution in [0.4, 0.5) is 4.39 Å². The third-order valence-electron chi connectivity index (χ3n) is 3.34. The Morgan fingerprint density at radius 1 is 1.47 bits per heavy atom. The number of nitrogens with one attached hydrogen (secondary N) is 1. The number of carboxylic acid groups (broad SMARTS) is 1. The smallest absolute Gasteiger partial charge is 0.128 e. The van der Waals surface area contributed by atoms with Crippen LogP contribution in [0.25, 0.3) is 0 Å². The number of piperidine rings is 1. The predicted molar refractivity (Wildman–Crippen MR) is 58.6 cm³/mol. The summed E-state index contributed by atoms with van der Waals surface area (Å²) in [6.07, 6.45) is 2.62. The monoisotopic (exact) mass is 237 g/mol. The highest BCUT2D eigenvalue weighted by Crippen LogP contribution is 2.06. The first kappa shape index (κ1) is 12.0. The Bertz CT molecular complexity index is 408. The molecule has 1 saturated heterocycles. The number of halogens is 1. The van der Waals surface area contributed by atoms with Crippen molar-refractivity contribution >= 4 is 5.97 Å². The van der Waals surface area contributed by atoms with Gasteiger partial charge in [-0.15, -0.1) is 0 Å². The van der Waals surface area contributed by atoms with Crippen molar-refractivity contribution in [2.45, 2.75) is 31.8 Å². The number of likely N-dealkylation sites (tertiary alicyclic amines) is 1. The first-order chi connectivity index (χ1) is 8.16. The predicted octanol–water partition coefficient (Wildman–Crippen LogP) is -0.487. The van der Waals surface area contributed by atoms with E-state index < -0.39 is 12.0 Å². The zero-order valence-corrected chi connectivity index (χ0v) is 9.62. The van der Waals surface area contributed by atoms with Crippen LogP contribution in [0.1, 0.15) is 24.8 Å². The highest BCUT2D eigenvalue weighted by molar-refractivity contribution is 5.69. The Hall–Kier alpha value is -1.42. The summed E-state index contributed by atoms with van der Waals surface area (Å²) < 4.78 is 13.0. The van der Waals surface area contributed by atoms with E-state index >= 15 is 0 Å². The van der Waals surface area contributed by atoms with Gasteiger partial charge >= 0.3 is 0 Å². The molecule has 0 amide bonds. The van der Waals surface area contributed by atoms with Crippen molar-refractivity contribution in [1.29, 1.82) is 0 Å². The van der Waals surface area contributed by atoms with Crippen molar-refractivity contribution in [2.75, 3.05) is 6.54 Å². The lowest BCUT2D eigenvalue weighted by atomic mass is 10.0. The van der Waals surface area contributed by atoms with Crippen molar-refractivity contribution in [3.63, 3.8) is 0 Å². The largest absolute Gasteiger partial charge is 0.544 e. The first-order valence-corrected chi connectivity index (χ1v) is 5.96. The maximum atomic E-state index is 13.0. The summed E-state index contributed by atoms with van der Waals surface area (Å²) in [4.78, 5) is 12.0. The number of quaternary nitrogens is 1. The first-order valence-electron chi connectivity index (χ1n) is 5.96. The van der Waals surface area contributed by atoms with E-state index in [0.29, 0.717) is 13.0 Å². The topological polar surface area (TPSA) is 44.6 Å². The number of carboxylic acids is 1. The van der Waals surface area contributed by atoms with Crippen LogP contribution in [0, 0.1) is 5.82 Å². The summed E-state index contributed by atoms with van der Waals surface area (Å²) in [7, 11) is 0. The summed E-state index contributed by atoms with van der Waals surface area (Å²) in [5.74, 6) is -1.26. The molecule has 0 aliphatic carbocycles. The fourth-order valence-corrected chi connectivity index (χ4v) is 2.48. The number of carbonyl (C=O) groups is 1. The molecule has 1 unspecified atom stereocenters. The Labute approximate surface area is 99.9 Å². The van der Waals surface area contributed by atoms with Crippen LogP contribution in [0.3, 0.4) is 0 Å². The van der Waals surface area contributed by atoms with Gasteiger partial charge in [-0.25, -0.2) is 4.39 Å². The maximum Gasteiger partial charge on any atom is 0.128 e. The number of rotatable bonds is 3. The molecule has 1 aliphatic heterocycles. The fourth-order valence-electron chi connectivity index (χ4n) is 2.48. The standard InChI is InChI=1S/C13H16FNO2/c14-11-5-3-4-10(8-11)9-15-7-2-1-6-12(15)13(16)17/h3-5,8,12H,1-2,6-7,9H2,(H,16,17)/t12-/m0/s1. The van der Waals surface area contributed by atoms with Crippen molar-refractivity contribution in [2.24, 2.45) is 0 Å². The lowest BCUT2D eigenvalue weighted by Gasteiger charge is -2.33. The molecule has 1 fully saturated rings. The van der Waals surface area contributed by atoms with E-state index in [1.54, 1.807) is 6.07 Å². The van der Waals surface area contributed by atoms with Gasteiger partial charge in [0.15, 0.2) is 0 Å². The lowest BCUT2D eigenvalue weighted by molar-refractivity contribution is -0.937. The van der Waals surface area contributed by atoms with Crippen LogP contribution < -0.4 is 10.0 Å². The molecule has 0 spiro atoms. The summed E-state index contributed by atoms with van der Waals surface area (Å²) in [5, 5.41) is 11.0. The maximum absolute atomic E-state index is 13.0. The fraction of sp³-hybridized carbons (Fsp3) is 0.462. The lowest BCUT2D eigenvalue weighted by Crippen LogP contribution is -3.17. The quantitative estimate of drug-likeness (QED) is 0.771. The molecular formula is C13H16FNO2. The molecule has 4 heteroatoms. The van der Waals surface area contributed by atoms with E-state index in [2.05, 4.69) is 0 Å². The molecule has 1 N–H and O–H groups in total. The summed E-state index contributed by atoms with van der Waals surface area (Å²) in [6, 6.07) is 5.89. The Morgan fingerprint density at radius 2 is 2.29 bits per heavy atom. The minimum atomic E-state index is -0.990. The second-order valence-electron chi connectivity index (χ2n) is 4.58. The van der Waals surface area contributed by atoms with Gasteiger partial charge in [0, 0.05) is 12.0 Å². The summed E-state index contributed by atoms with van der Waals surface area (Å²) >= 11 is 0. The number of aliphatic carboxylic acids is 1. The van der Waals surface area contributed by atoms with Crippen LogP contribution in [0.2, 0.25) is 0 Å². The van der Waals surface area contributed by atoms with Gasteiger partial charge in [0.2, 0.25) is 0 Å². The molecule has 17 heavy (non-hydrogen) atoms. The van der Waals surface area contributed by atoms with Crippen LogP contribution >= 0.6 is 0 Å². The normalized spacial score (nSPS) is 24.5. The summed E-state index contributed by atoms with van der Waals surface area (Å²) in [6.45, 7) is 1.37. The van der Waals surface area contributed by atoms with E-state index in [4.69, 9.17) is 0 Å². The highest BCUT2D eigenvalue weighted by Gasteiger charge is 2.27.